The van der Waals surface area contributed by atoms with Crippen LogP contribution >= 0.6 is 0 Å². The van der Waals surface area contributed by atoms with Gasteiger partial charge in [0.25, 0.3) is 0 Å². The molecule has 0 aromatic heterocycles. The highest BCUT2D eigenvalue weighted by atomic mass is 16.6. The summed E-state index contributed by atoms with van der Waals surface area (Å²) in [5, 5.41) is 0. The lowest BCUT2D eigenvalue weighted by molar-refractivity contribution is -0.167. The Hall–Kier alpha value is -1.59. The summed E-state index contributed by atoms with van der Waals surface area (Å²) in [5.41, 5.74) is 0. The molecular weight excluding hydrogens is 721 g/mol. The molecule has 6 heteroatoms. The minimum absolute atomic E-state index is 0.0653. The van der Waals surface area contributed by atoms with Crippen LogP contribution in [-0.2, 0) is 28.6 Å². The zero-order valence-corrected chi connectivity index (χ0v) is 39.7. The molecule has 0 amide bonds. The van der Waals surface area contributed by atoms with Crippen LogP contribution in [0.4, 0.5) is 0 Å². The Bertz CT molecular complexity index is 887. The monoisotopic (exact) mass is 821 g/mol. The van der Waals surface area contributed by atoms with E-state index in [2.05, 4.69) is 34.6 Å². The number of carbonyl (C=O) groups is 3. The Morgan fingerprint density at radius 2 is 0.655 bits per heavy atom. The molecule has 0 fully saturated rings. The van der Waals surface area contributed by atoms with Crippen LogP contribution in [0.3, 0.4) is 0 Å². The maximum atomic E-state index is 12.6. The number of hydrogen-bond donors (Lipinski definition) is 0. The number of rotatable bonds is 46. The summed E-state index contributed by atoms with van der Waals surface area (Å²) in [7, 11) is 0. The minimum Gasteiger partial charge on any atom is -0.462 e. The van der Waals surface area contributed by atoms with Crippen LogP contribution in [0.25, 0.3) is 0 Å². The van der Waals surface area contributed by atoms with Gasteiger partial charge in [0.1, 0.15) is 13.2 Å². The molecule has 0 heterocycles. The third-order valence-corrected chi connectivity index (χ3v) is 12.1. The minimum atomic E-state index is -0.759. The van der Waals surface area contributed by atoms with Gasteiger partial charge >= 0.3 is 17.9 Å². The molecule has 0 saturated heterocycles. The molecule has 0 spiro atoms. The first-order chi connectivity index (χ1) is 28.3. The van der Waals surface area contributed by atoms with Crippen LogP contribution in [0.5, 0.6) is 0 Å². The highest BCUT2D eigenvalue weighted by molar-refractivity contribution is 5.71. The first-order valence-corrected chi connectivity index (χ1v) is 25.8. The van der Waals surface area contributed by atoms with Crippen LogP contribution in [0.15, 0.2) is 0 Å². The first-order valence-electron chi connectivity index (χ1n) is 25.8. The fourth-order valence-electron chi connectivity index (χ4n) is 7.78. The van der Waals surface area contributed by atoms with Gasteiger partial charge in [-0.15, -0.1) is 0 Å². The molecule has 0 aliphatic carbocycles. The second-order valence-corrected chi connectivity index (χ2v) is 18.5. The molecule has 0 aromatic rings. The molecule has 0 radical (unpaired) electrons. The number of ether oxygens (including phenoxy) is 3. The quantitative estimate of drug-likeness (QED) is 0.0346. The fourth-order valence-corrected chi connectivity index (χ4v) is 7.78. The van der Waals surface area contributed by atoms with Crippen molar-refractivity contribution in [3.05, 3.63) is 0 Å². The van der Waals surface area contributed by atoms with Crippen LogP contribution in [0, 0.1) is 11.8 Å². The van der Waals surface area contributed by atoms with E-state index in [4.69, 9.17) is 14.2 Å². The van der Waals surface area contributed by atoms with E-state index in [1.807, 2.05) is 0 Å². The summed E-state index contributed by atoms with van der Waals surface area (Å²) in [6.45, 7) is 11.3. The average molecular weight is 821 g/mol. The smallest absolute Gasteiger partial charge is 0.306 e. The van der Waals surface area contributed by atoms with E-state index in [9.17, 15) is 14.4 Å². The molecule has 58 heavy (non-hydrogen) atoms. The van der Waals surface area contributed by atoms with E-state index < -0.39 is 6.10 Å². The van der Waals surface area contributed by atoms with Gasteiger partial charge in [-0.3, -0.25) is 14.4 Å². The van der Waals surface area contributed by atoms with Crippen molar-refractivity contribution in [1.29, 1.82) is 0 Å². The van der Waals surface area contributed by atoms with Gasteiger partial charge in [0.2, 0.25) is 0 Å². The lowest BCUT2D eigenvalue weighted by atomic mass is 9.99. The van der Waals surface area contributed by atoms with Gasteiger partial charge in [-0.2, -0.15) is 0 Å². The van der Waals surface area contributed by atoms with Crippen molar-refractivity contribution in [3.8, 4) is 0 Å². The standard InChI is InChI=1S/C52H100O6/c1-6-8-9-30-39-44-52(55)58-49(46-57-51(54)43-38-34-29-25-21-20-22-26-31-35-40-47(3)4)45-56-50(53)42-37-33-28-24-19-17-15-13-11-10-12-14-16-18-23-27-32-36-41-48(5)7-2/h47-49H,6-46H2,1-5H3/t48?,49-/m1/s1. The third kappa shape index (κ3) is 44.0. The largest absolute Gasteiger partial charge is 0.462 e. The van der Waals surface area contributed by atoms with Crippen molar-refractivity contribution in [2.75, 3.05) is 13.2 Å². The summed E-state index contributed by atoms with van der Waals surface area (Å²) in [5.74, 6) is 0.864. The molecule has 6 nitrogen and oxygen atoms in total. The maximum Gasteiger partial charge on any atom is 0.306 e. The highest BCUT2D eigenvalue weighted by Crippen LogP contribution is 2.18. The highest BCUT2D eigenvalue weighted by Gasteiger charge is 2.19. The predicted octanol–water partition coefficient (Wildman–Crippen LogP) is 16.5. The number of carbonyl (C=O) groups excluding carboxylic acids is 3. The lowest BCUT2D eigenvalue weighted by Crippen LogP contribution is -2.30. The van der Waals surface area contributed by atoms with Gasteiger partial charge in [0, 0.05) is 19.3 Å². The molecule has 0 aromatic carbocycles. The first kappa shape index (κ1) is 56.4. The van der Waals surface area contributed by atoms with Gasteiger partial charge < -0.3 is 14.2 Å². The van der Waals surface area contributed by atoms with Crippen molar-refractivity contribution in [1.82, 2.24) is 0 Å². The molecule has 1 unspecified atom stereocenters. The Labute approximate surface area is 361 Å². The molecule has 0 N–H and O–H groups in total. The zero-order chi connectivity index (χ0) is 42.6. The summed E-state index contributed by atoms with van der Waals surface area (Å²) in [4.78, 5) is 37.6. The molecule has 0 aliphatic heterocycles. The molecule has 0 bridgehead atoms. The van der Waals surface area contributed by atoms with Crippen molar-refractivity contribution in [2.45, 2.75) is 291 Å². The van der Waals surface area contributed by atoms with E-state index in [0.29, 0.717) is 19.3 Å². The van der Waals surface area contributed by atoms with Crippen molar-refractivity contribution >= 4 is 17.9 Å². The van der Waals surface area contributed by atoms with Gasteiger partial charge in [-0.25, -0.2) is 0 Å². The Balaban J connectivity index is 4.01. The van der Waals surface area contributed by atoms with Crippen LogP contribution in [0.1, 0.15) is 285 Å². The topological polar surface area (TPSA) is 78.9 Å². The van der Waals surface area contributed by atoms with E-state index in [1.165, 1.54) is 167 Å². The van der Waals surface area contributed by atoms with Gasteiger partial charge in [0.05, 0.1) is 0 Å². The fraction of sp³-hybridized carbons (Fsp3) is 0.942. The normalized spacial score (nSPS) is 12.5. The van der Waals surface area contributed by atoms with E-state index in [-0.39, 0.29) is 31.1 Å². The van der Waals surface area contributed by atoms with E-state index in [1.54, 1.807) is 0 Å². The number of hydrogen-bond acceptors (Lipinski definition) is 6. The van der Waals surface area contributed by atoms with Gasteiger partial charge in [-0.05, 0) is 31.1 Å². The summed E-state index contributed by atoms with van der Waals surface area (Å²) in [6, 6.07) is 0. The van der Waals surface area contributed by atoms with Gasteiger partial charge in [-0.1, -0.05) is 247 Å². The SMILES string of the molecule is CCCCCCCC(=O)O[C@H](COC(=O)CCCCCCCCCCCCCCCCCCCCC(C)CC)COC(=O)CCCCCCCCCCCCC(C)C. The number of unbranched alkanes of at least 4 members (excludes halogenated alkanes) is 30. The van der Waals surface area contributed by atoms with E-state index >= 15 is 0 Å². The Kier molecular flexibility index (Phi) is 43.7. The second-order valence-electron chi connectivity index (χ2n) is 18.5. The van der Waals surface area contributed by atoms with Crippen LogP contribution in [-0.4, -0.2) is 37.2 Å². The van der Waals surface area contributed by atoms with Crippen molar-refractivity contribution < 1.29 is 28.6 Å². The lowest BCUT2D eigenvalue weighted by Gasteiger charge is -2.18. The third-order valence-electron chi connectivity index (χ3n) is 12.1. The summed E-state index contributed by atoms with van der Waals surface area (Å²) in [6.07, 6.45) is 45.6. The molecule has 2 atom stereocenters. The summed E-state index contributed by atoms with van der Waals surface area (Å²) >= 11 is 0. The maximum absolute atomic E-state index is 12.6. The number of esters is 3. The van der Waals surface area contributed by atoms with E-state index in [0.717, 1.165) is 76.0 Å². The average Bonchev–Trinajstić information content (AvgIpc) is 3.21. The Morgan fingerprint density at radius 3 is 0.983 bits per heavy atom. The van der Waals surface area contributed by atoms with Crippen LogP contribution in [0.2, 0.25) is 0 Å². The van der Waals surface area contributed by atoms with Crippen LogP contribution < -0.4 is 0 Å². The molecule has 0 aliphatic rings. The second kappa shape index (κ2) is 44.9. The Morgan fingerprint density at radius 1 is 0.362 bits per heavy atom. The van der Waals surface area contributed by atoms with Crippen molar-refractivity contribution in [3.63, 3.8) is 0 Å². The predicted molar refractivity (Wildman–Crippen MR) is 247 cm³/mol. The molecular formula is C52H100O6. The summed E-state index contributed by atoms with van der Waals surface area (Å²) < 4.78 is 16.7. The van der Waals surface area contributed by atoms with Crippen molar-refractivity contribution in [2.24, 2.45) is 11.8 Å². The van der Waals surface area contributed by atoms with Gasteiger partial charge in [0.15, 0.2) is 6.10 Å². The zero-order valence-electron chi connectivity index (χ0n) is 39.7. The molecule has 0 rings (SSSR count). The molecule has 344 valence electrons. The molecule has 0 saturated carbocycles.